The fourth-order valence-corrected chi connectivity index (χ4v) is 2.63. The number of alkyl halides is 3. The number of benzene rings is 1. The summed E-state index contributed by atoms with van der Waals surface area (Å²) < 4.78 is 43.7. The number of aliphatic hydroxyl groups excluding tert-OH is 1. The van der Waals surface area contributed by atoms with E-state index in [1.165, 1.54) is 7.11 Å². The van der Waals surface area contributed by atoms with Crippen molar-refractivity contribution in [3.63, 3.8) is 0 Å². The Kier molecular flexibility index (Phi) is 4.97. The zero-order valence-corrected chi connectivity index (χ0v) is 12.6. The highest BCUT2D eigenvalue weighted by Gasteiger charge is 2.38. The van der Waals surface area contributed by atoms with E-state index in [0.29, 0.717) is 17.1 Å². The summed E-state index contributed by atoms with van der Waals surface area (Å²) >= 11 is 0.790. The fourth-order valence-electron chi connectivity index (χ4n) is 1.75. The highest BCUT2D eigenvalue weighted by atomic mass is 32.2. The van der Waals surface area contributed by atoms with Gasteiger partial charge in [0.2, 0.25) is 0 Å². The second-order valence-electron chi connectivity index (χ2n) is 4.43. The first kappa shape index (κ1) is 16.6. The summed E-state index contributed by atoms with van der Waals surface area (Å²) in [7, 11) is 3.16. The molecule has 0 aliphatic heterocycles. The Morgan fingerprint density at radius 1 is 1.32 bits per heavy atom. The predicted octanol–water partition coefficient (Wildman–Crippen LogP) is 2.51. The summed E-state index contributed by atoms with van der Waals surface area (Å²) in [6.45, 7) is 0. The lowest BCUT2D eigenvalue weighted by atomic mass is 10.2. The van der Waals surface area contributed by atoms with Crippen molar-refractivity contribution >= 4 is 11.8 Å². The molecule has 0 bridgehead atoms. The van der Waals surface area contributed by atoms with E-state index in [9.17, 15) is 13.2 Å². The van der Waals surface area contributed by atoms with Gasteiger partial charge in [-0.15, -0.1) is 10.2 Å². The van der Waals surface area contributed by atoms with Crippen LogP contribution >= 0.6 is 11.8 Å². The highest BCUT2D eigenvalue weighted by Crippen LogP contribution is 2.31. The van der Waals surface area contributed by atoms with Gasteiger partial charge in [-0.3, -0.25) is 0 Å². The lowest BCUT2D eigenvalue weighted by Crippen LogP contribution is -2.30. The van der Waals surface area contributed by atoms with E-state index in [0.717, 1.165) is 11.8 Å². The van der Waals surface area contributed by atoms with E-state index < -0.39 is 18.0 Å². The normalized spacial score (nSPS) is 13.2. The monoisotopic (exact) mass is 333 g/mol. The first-order valence-corrected chi connectivity index (χ1v) is 7.23. The van der Waals surface area contributed by atoms with Gasteiger partial charge < -0.3 is 14.4 Å². The molecular formula is C13H14F3N3O2S. The molecule has 1 heterocycles. The average molecular weight is 333 g/mol. The molecule has 120 valence electrons. The maximum atomic E-state index is 12.3. The van der Waals surface area contributed by atoms with Crippen molar-refractivity contribution < 1.29 is 23.0 Å². The zero-order valence-electron chi connectivity index (χ0n) is 11.8. The molecule has 9 heteroatoms. The SMILES string of the molecule is COc1ccccc1-c1nnc(SC[C@H](O)C(F)(F)F)n1C. The van der Waals surface area contributed by atoms with Gasteiger partial charge in [-0.05, 0) is 12.1 Å². The number of nitrogens with zero attached hydrogens (tertiary/aromatic N) is 3. The van der Waals surface area contributed by atoms with Crippen molar-refractivity contribution in [2.24, 2.45) is 7.05 Å². The molecule has 1 N–H and O–H groups in total. The lowest BCUT2D eigenvalue weighted by molar-refractivity contribution is -0.195. The minimum Gasteiger partial charge on any atom is -0.496 e. The number of rotatable bonds is 5. The van der Waals surface area contributed by atoms with Crippen LogP contribution in [0.2, 0.25) is 0 Å². The third-order valence-electron chi connectivity index (χ3n) is 2.93. The number of halogens is 3. The second kappa shape index (κ2) is 6.57. The van der Waals surface area contributed by atoms with Crippen LogP contribution in [0.15, 0.2) is 29.4 Å². The molecule has 0 radical (unpaired) electrons. The molecule has 2 aromatic rings. The summed E-state index contributed by atoms with van der Waals surface area (Å²) in [4.78, 5) is 0. The average Bonchev–Trinajstić information content (AvgIpc) is 2.84. The van der Waals surface area contributed by atoms with Crippen LogP contribution in [0, 0.1) is 0 Å². The molecule has 1 atom stereocenters. The smallest absolute Gasteiger partial charge is 0.415 e. The van der Waals surface area contributed by atoms with E-state index in [-0.39, 0.29) is 5.16 Å². The number of methoxy groups -OCH3 is 1. The molecule has 2 rings (SSSR count). The summed E-state index contributed by atoms with van der Waals surface area (Å²) in [5, 5.41) is 17.1. The van der Waals surface area contributed by atoms with E-state index in [2.05, 4.69) is 10.2 Å². The van der Waals surface area contributed by atoms with Crippen molar-refractivity contribution in [3.8, 4) is 17.1 Å². The molecular weight excluding hydrogens is 319 g/mol. The third-order valence-corrected chi connectivity index (χ3v) is 4.03. The van der Waals surface area contributed by atoms with Crippen LogP contribution in [0.4, 0.5) is 13.2 Å². The number of thioether (sulfide) groups is 1. The quantitative estimate of drug-likeness (QED) is 0.852. The number of aliphatic hydroxyl groups is 1. The number of hydrogen-bond acceptors (Lipinski definition) is 5. The van der Waals surface area contributed by atoms with E-state index >= 15 is 0 Å². The van der Waals surface area contributed by atoms with E-state index in [1.807, 2.05) is 0 Å². The van der Waals surface area contributed by atoms with Crippen molar-refractivity contribution in [3.05, 3.63) is 24.3 Å². The summed E-state index contributed by atoms with van der Waals surface area (Å²) in [5.74, 6) is 0.521. The lowest BCUT2D eigenvalue weighted by Gasteiger charge is -2.13. The van der Waals surface area contributed by atoms with Gasteiger partial charge >= 0.3 is 6.18 Å². The van der Waals surface area contributed by atoms with Gasteiger partial charge in [-0.2, -0.15) is 13.2 Å². The Balaban J connectivity index is 2.20. The van der Waals surface area contributed by atoms with Gasteiger partial charge in [-0.25, -0.2) is 0 Å². The van der Waals surface area contributed by atoms with E-state index in [1.54, 1.807) is 35.9 Å². The fraction of sp³-hybridized carbons (Fsp3) is 0.385. The van der Waals surface area contributed by atoms with Crippen LogP contribution in [0.5, 0.6) is 5.75 Å². The molecule has 0 aliphatic rings. The van der Waals surface area contributed by atoms with Gasteiger partial charge in [0.05, 0.1) is 12.7 Å². The number of para-hydroxylation sites is 1. The molecule has 1 aromatic heterocycles. The Bertz CT molecular complexity index is 646. The standard InChI is InChI=1S/C13H14F3N3O2S/c1-19-11(8-5-3-4-6-9(8)21-2)17-18-12(19)22-7-10(20)13(14,15)16/h3-6,10,20H,7H2,1-2H3/t10-/m0/s1. The highest BCUT2D eigenvalue weighted by molar-refractivity contribution is 7.99. The first-order valence-electron chi connectivity index (χ1n) is 6.25. The number of hydrogen-bond donors (Lipinski definition) is 1. The van der Waals surface area contributed by atoms with Gasteiger partial charge in [0.25, 0.3) is 0 Å². The minimum atomic E-state index is -4.64. The topological polar surface area (TPSA) is 60.2 Å². The van der Waals surface area contributed by atoms with Crippen LogP contribution in [0.25, 0.3) is 11.4 Å². The Morgan fingerprint density at radius 2 is 2.00 bits per heavy atom. The maximum Gasteiger partial charge on any atom is 0.415 e. The maximum absolute atomic E-state index is 12.3. The molecule has 0 spiro atoms. The number of ether oxygens (including phenoxy) is 1. The molecule has 0 fully saturated rings. The molecule has 22 heavy (non-hydrogen) atoms. The van der Waals surface area contributed by atoms with Crippen LogP contribution in [-0.4, -0.2) is 45.0 Å². The molecule has 1 aromatic carbocycles. The summed E-state index contributed by atoms with van der Waals surface area (Å²) in [6.07, 6.45) is -7.04. The largest absolute Gasteiger partial charge is 0.496 e. The molecule has 0 aliphatic carbocycles. The Hall–Kier alpha value is -1.74. The minimum absolute atomic E-state index is 0.282. The van der Waals surface area contributed by atoms with Crippen molar-refractivity contribution in [1.29, 1.82) is 0 Å². The molecule has 5 nitrogen and oxygen atoms in total. The van der Waals surface area contributed by atoms with Crippen LogP contribution < -0.4 is 4.74 Å². The van der Waals surface area contributed by atoms with Gasteiger partial charge in [-0.1, -0.05) is 23.9 Å². The first-order chi connectivity index (χ1) is 10.3. The van der Waals surface area contributed by atoms with Crippen LogP contribution in [0.3, 0.4) is 0 Å². The van der Waals surface area contributed by atoms with E-state index in [4.69, 9.17) is 9.84 Å². The Morgan fingerprint density at radius 3 is 2.64 bits per heavy atom. The van der Waals surface area contributed by atoms with Gasteiger partial charge in [0.15, 0.2) is 17.1 Å². The van der Waals surface area contributed by atoms with Gasteiger partial charge in [0.1, 0.15) is 5.75 Å². The van der Waals surface area contributed by atoms with Crippen LogP contribution in [0.1, 0.15) is 0 Å². The number of aromatic nitrogens is 3. The third kappa shape index (κ3) is 3.53. The molecule has 0 unspecified atom stereocenters. The second-order valence-corrected chi connectivity index (χ2v) is 5.42. The summed E-state index contributed by atoms with van der Waals surface area (Å²) in [5.41, 5.74) is 0.684. The predicted molar refractivity (Wildman–Crippen MR) is 75.8 cm³/mol. The molecule has 0 amide bonds. The van der Waals surface area contributed by atoms with Crippen molar-refractivity contribution in [2.45, 2.75) is 17.4 Å². The Labute approximate surface area is 129 Å². The molecule has 0 saturated heterocycles. The van der Waals surface area contributed by atoms with Crippen molar-refractivity contribution in [1.82, 2.24) is 14.8 Å². The van der Waals surface area contributed by atoms with Gasteiger partial charge in [0, 0.05) is 12.8 Å². The zero-order chi connectivity index (χ0) is 16.3. The van der Waals surface area contributed by atoms with Crippen molar-refractivity contribution in [2.75, 3.05) is 12.9 Å². The van der Waals surface area contributed by atoms with Crippen LogP contribution in [-0.2, 0) is 7.05 Å². The summed E-state index contributed by atoms with van der Waals surface area (Å²) in [6, 6.07) is 7.13. The molecule has 0 saturated carbocycles.